The van der Waals surface area contributed by atoms with Crippen LogP contribution in [-0.2, 0) is 0 Å². The molecule has 27 heavy (non-hydrogen) atoms. The number of anilines is 1. The Morgan fingerprint density at radius 3 is 2.11 bits per heavy atom. The topological polar surface area (TPSA) is 67.4 Å². The lowest BCUT2D eigenvalue weighted by Gasteiger charge is -2.28. The average Bonchev–Trinajstić information content (AvgIpc) is 2.62. The Hall–Kier alpha value is -2.82. The van der Waals surface area contributed by atoms with Gasteiger partial charge >= 0.3 is 0 Å². The Morgan fingerprint density at radius 2 is 1.52 bits per heavy atom. The minimum Gasteiger partial charge on any atom is -0.492 e. The molecule has 1 atom stereocenters. The van der Waals surface area contributed by atoms with Gasteiger partial charge in [0.2, 0.25) is 0 Å². The number of carbonyl (C=O) groups is 2. The molecule has 0 fully saturated rings. The SMILES string of the molecule is CCOc1ccccc1NC(=O)c1ccccc1C(=O)NC(C)C(C)(C)C. The Balaban J connectivity index is 2.25. The lowest BCUT2D eigenvalue weighted by atomic mass is 9.88. The average molecular weight is 368 g/mol. The summed E-state index contributed by atoms with van der Waals surface area (Å²) in [6, 6.07) is 14.0. The predicted octanol–water partition coefficient (Wildman–Crippen LogP) is 4.50. The van der Waals surface area contributed by atoms with Gasteiger partial charge in [0.05, 0.1) is 23.4 Å². The summed E-state index contributed by atoms with van der Waals surface area (Å²) in [5, 5.41) is 5.83. The Bertz CT molecular complexity index is 809. The highest BCUT2D eigenvalue weighted by molar-refractivity contribution is 6.12. The number of carbonyl (C=O) groups excluding carboxylic acids is 2. The molecular formula is C22H28N2O3. The molecule has 0 spiro atoms. The summed E-state index contributed by atoms with van der Waals surface area (Å²) in [6.07, 6.45) is 0. The molecule has 2 aromatic carbocycles. The molecule has 2 aromatic rings. The van der Waals surface area contributed by atoms with Crippen LogP contribution in [0, 0.1) is 5.41 Å². The van der Waals surface area contributed by atoms with Crippen molar-refractivity contribution in [1.82, 2.24) is 5.32 Å². The van der Waals surface area contributed by atoms with Gasteiger partial charge in [0.1, 0.15) is 5.75 Å². The molecule has 0 aliphatic rings. The minimum absolute atomic E-state index is 0.0419. The van der Waals surface area contributed by atoms with Gasteiger partial charge in [-0.3, -0.25) is 9.59 Å². The molecule has 0 saturated heterocycles. The molecule has 2 amide bonds. The summed E-state index contributed by atoms with van der Waals surface area (Å²) in [5.74, 6) is -0.0192. The zero-order chi connectivity index (χ0) is 20.0. The molecule has 0 aromatic heterocycles. The van der Waals surface area contributed by atoms with Crippen molar-refractivity contribution in [3.8, 4) is 5.75 Å². The first-order chi connectivity index (χ1) is 12.7. The summed E-state index contributed by atoms with van der Waals surface area (Å²) in [5.41, 5.74) is 1.16. The Kier molecular flexibility index (Phi) is 6.61. The molecule has 0 radical (unpaired) electrons. The van der Waals surface area contributed by atoms with Crippen LogP contribution in [0.4, 0.5) is 5.69 Å². The molecule has 2 N–H and O–H groups in total. The van der Waals surface area contributed by atoms with Gasteiger partial charge in [0, 0.05) is 6.04 Å². The maximum Gasteiger partial charge on any atom is 0.256 e. The fourth-order valence-corrected chi connectivity index (χ4v) is 2.41. The summed E-state index contributed by atoms with van der Waals surface area (Å²) in [7, 11) is 0. The lowest BCUT2D eigenvalue weighted by molar-refractivity contribution is 0.0901. The van der Waals surface area contributed by atoms with Gasteiger partial charge in [-0.1, -0.05) is 45.0 Å². The van der Waals surface area contributed by atoms with E-state index in [0.29, 0.717) is 29.2 Å². The second kappa shape index (κ2) is 8.71. The monoisotopic (exact) mass is 368 g/mol. The highest BCUT2D eigenvalue weighted by Crippen LogP contribution is 2.25. The number of hydrogen-bond acceptors (Lipinski definition) is 3. The van der Waals surface area contributed by atoms with Crippen LogP contribution in [0.5, 0.6) is 5.75 Å². The van der Waals surface area contributed by atoms with Crippen LogP contribution in [0.15, 0.2) is 48.5 Å². The van der Waals surface area contributed by atoms with E-state index in [0.717, 1.165) is 0 Å². The van der Waals surface area contributed by atoms with Crippen molar-refractivity contribution >= 4 is 17.5 Å². The van der Waals surface area contributed by atoms with E-state index in [1.807, 2.05) is 26.0 Å². The van der Waals surface area contributed by atoms with Crippen LogP contribution in [-0.4, -0.2) is 24.5 Å². The lowest BCUT2D eigenvalue weighted by Crippen LogP contribution is -2.42. The third kappa shape index (κ3) is 5.33. The van der Waals surface area contributed by atoms with Crippen LogP contribution in [0.2, 0.25) is 0 Å². The number of hydrogen-bond donors (Lipinski definition) is 2. The van der Waals surface area contributed by atoms with Gasteiger partial charge < -0.3 is 15.4 Å². The minimum atomic E-state index is -0.351. The Morgan fingerprint density at radius 1 is 0.963 bits per heavy atom. The molecule has 0 aliphatic carbocycles. The first-order valence-corrected chi connectivity index (χ1v) is 9.17. The maximum atomic E-state index is 12.8. The molecule has 1 unspecified atom stereocenters. The third-order valence-electron chi connectivity index (χ3n) is 4.50. The smallest absolute Gasteiger partial charge is 0.256 e. The van der Waals surface area contributed by atoms with E-state index < -0.39 is 0 Å². The number of rotatable bonds is 6. The van der Waals surface area contributed by atoms with E-state index in [-0.39, 0.29) is 23.3 Å². The predicted molar refractivity (Wildman–Crippen MR) is 108 cm³/mol. The molecule has 0 heterocycles. The van der Waals surface area contributed by atoms with Crippen LogP contribution < -0.4 is 15.4 Å². The molecule has 0 saturated carbocycles. The van der Waals surface area contributed by atoms with E-state index in [4.69, 9.17) is 4.74 Å². The van der Waals surface area contributed by atoms with Crippen LogP contribution in [0.1, 0.15) is 55.3 Å². The van der Waals surface area contributed by atoms with E-state index in [9.17, 15) is 9.59 Å². The standard InChI is InChI=1S/C22H28N2O3/c1-6-27-19-14-10-9-13-18(19)24-21(26)17-12-8-7-11-16(17)20(25)23-15(2)22(3,4)5/h7-15H,6H2,1-5H3,(H,23,25)(H,24,26). The zero-order valence-electron chi connectivity index (χ0n) is 16.6. The number of nitrogens with one attached hydrogen (secondary N) is 2. The zero-order valence-corrected chi connectivity index (χ0v) is 16.6. The first-order valence-electron chi connectivity index (χ1n) is 9.17. The van der Waals surface area contributed by atoms with Crippen LogP contribution in [0.3, 0.4) is 0 Å². The highest BCUT2D eigenvalue weighted by Gasteiger charge is 2.24. The highest BCUT2D eigenvalue weighted by atomic mass is 16.5. The van der Waals surface area contributed by atoms with Crippen LogP contribution in [0.25, 0.3) is 0 Å². The van der Waals surface area contributed by atoms with Crippen LogP contribution >= 0.6 is 0 Å². The number of amides is 2. The molecule has 2 rings (SSSR count). The maximum absolute atomic E-state index is 12.8. The fourth-order valence-electron chi connectivity index (χ4n) is 2.41. The van der Waals surface area contributed by atoms with E-state index in [1.54, 1.807) is 36.4 Å². The van der Waals surface area contributed by atoms with E-state index in [1.165, 1.54) is 0 Å². The molecule has 5 nitrogen and oxygen atoms in total. The van der Waals surface area contributed by atoms with Crippen molar-refractivity contribution in [3.05, 3.63) is 59.7 Å². The quantitative estimate of drug-likeness (QED) is 0.789. The van der Waals surface area contributed by atoms with E-state index in [2.05, 4.69) is 31.4 Å². The summed E-state index contributed by atoms with van der Waals surface area (Å²) in [4.78, 5) is 25.6. The third-order valence-corrected chi connectivity index (χ3v) is 4.50. The van der Waals surface area contributed by atoms with Crippen molar-refractivity contribution in [2.75, 3.05) is 11.9 Å². The summed E-state index contributed by atoms with van der Waals surface area (Å²) in [6.45, 7) is 10.5. The largest absolute Gasteiger partial charge is 0.492 e. The second-order valence-corrected chi connectivity index (χ2v) is 7.49. The normalized spacial score (nSPS) is 12.2. The van der Waals surface area contributed by atoms with Gasteiger partial charge in [0.25, 0.3) is 11.8 Å². The van der Waals surface area contributed by atoms with Crippen molar-refractivity contribution in [3.63, 3.8) is 0 Å². The molecular weight excluding hydrogens is 340 g/mol. The van der Waals surface area contributed by atoms with Crippen molar-refractivity contribution in [1.29, 1.82) is 0 Å². The Labute approximate surface area is 161 Å². The summed E-state index contributed by atoms with van der Waals surface area (Å²) >= 11 is 0. The van der Waals surface area contributed by atoms with Crippen molar-refractivity contribution in [2.24, 2.45) is 5.41 Å². The number of para-hydroxylation sites is 2. The first kappa shape index (κ1) is 20.5. The fraction of sp³-hybridized carbons (Fsp3) is 0.364. The summed E-state index contributed by atoms with van der Waals surface area (Å²) < 4.78 is 5.55. The van der Waals surface area contributed by atoms with Gasteiger partial charge in [0.15, 0.2) is 0 Å². The molecule has 5 heteroatoms. The molecule has 0 bridgehead atoms. The van der Waals surface area contributed by atoms with Crippen molar-refractivity contribution < 1.29 is 14.3 Å². The second-order valence-electron chi connectivity index (χ2n) is 7.49. The molecule has 144 valence electrons. The van der Waals surface area contributed by atoms with Crippen molar-refractivity contribution in [2.45, 2.75) is 40.7 Å². The van der Waals surface area contributed by atoms with Gasteiger partial charge in [-0.15, -0.1) is 0 Å². The van der Waals surface area contributed by atoms with Gasteiger partial charge in [-0.25, -0.2) is 0 Å². The van der Waals surface area contributed by atoms with Gasteiger partial charge in [-0.2, -0.15) is 0 Å². The number of benzene rings is 2. The van der Waals surface area contributed by atoms with E-state index >= 15 is 0 Å². The van der Waals surface area contributed by atoms with Gasteiger partial charge in [-0.05, 0) is 43.5 Å². The number of ether oxygens (including phenoxy) is 1. The molecule has 0 aliphatic heterocycles.